The Morgan fingerprint density at radius 3 is 2.17 bits per heavy atom. The summed E-state index contributed by atoms with van der Waals surface area (Å²) in [5.41, 5.74) is 3.25. The molecule has 5 heteroatoms. The smallest absolute Gasteiger partial charge is 0.176 e. The predicted molar refractivity (Wildman–Crippen MR) is 134 cm³/mol. The summed E-state index contributed by atoms with van der Waals surface area (Å²) in [5, 5.41) is 0. The number of ether oxygens (including phenoxy) is 2. The van der Waals surface area contributed by atoms with Crippen molar-refractivity contribution >= 4 is 0 Å². The number of unbranched alkanes of at least 4 members (excludes halogenated alkanes) is 3. The molecule has 0 bridgehead atoms. The Bertz CT molecular complexity index is 1150. The van der Waals surface area contributed by atoms with Crippen LogP contribution in [0.3, 0.4) is 0 Å². The Balaban J connectivity index is 1.48. The second-order valence-electron chi connectivity index (χ2n) is 8.99. The maximum atomic E-state index is 14.9. The minimum Gasteiger partial charge on any atom is -0.348 e. The van der Waals surface area contributed by atoms with Gasteiger partial charge in [0.25, 0.3) is 0 Å². The molecule has 1 aliphatic rings. The van der Waals surface area contributed by atoms with Crippen LogP contribution in [0.1, 0.15) is 49.7 Å². The molecule has 1 saturated heterocycles. The largest absolute Gasteiger partial charge is 0.348 e. The lowest BCUT2D eigenvalue weighted by molar-refractivity contribution is -0.159. The van der Waals surface area contributed by atoms with Crippen LogP contribution in [0.4, 0.5) is 13.2 Å². The van der Waals surface area contributed by atoms with Crippen molar-refractivity contribution in [2.45, 2.75) is 51.2 Å². The zero-order valence-electron chi connectivity index (χ0n) is 20.0. The quantitative estimate of drug-likeness (QED) is 0.227. The summed E-state index contributed by atoms with van der Waals surface area (Å²) in [5.74, 6) is -2.11. The summed E-state index contributed by atoms with van der Waals surface area (Å²) >= 11 is 0. The van der Waals surface area contributed by atoms with E-state index in [9.17, 15) is 13.2 Å². The average molecular weight is 481 g/mol. The Kier molecular flexibility index (Phi) is 8.42. The molecule has 0 aliphatic carbocycles. The molecule has 35 heavy (non-hydrogen) atoms. The van der Waals surface area contributed by atoms with Gasteiger partial charge in [0.05, 0.1) is 13.2 Å². The lowest BCUT2D eigenvalue weighted by Crippen LogP contribution is -2.29. The summed E-state index contributed by atoms with van der Waals surface area (Å²) in [7, 11) is 0. The SMILES string of the molecule is C=CC1OCC(c2ccc(-c3ccc(-c4ccc(CCCCCC)c(F)c4F)cc3)cc2F)CO1. The minimum atomic E-state index is -0.822. The molecule has 4 rings (SSSR count). The topological polar surface area (TPSA) is 18.5 Å². The molecule has 0 aromatic heterocycles. The van der Waals surface area contributed by atoms with Crippen molar-refractivity contribution < 1.29 is 22.6 Å². The van der Waals surface area contributed by atoms with Gasteiger partial charge in [-0.05, 0) is 52.8 Å². The van der Waals surface area contributed by atoms with Crippen molar-refractivity contribution in [3.8, 4) is 22.3 Å². The van der Waals surface area contributed by atoms with Gasteiger partial charge >= 0.3 is 0 Å². The molecule has 0 N–H and O–H groups in total. The van der Waals surface area contributed by atoms with Gasteiger partial charge in [0.15, 0.2) is 17.9 Å². The molecule has 3 aromatic carbocycles. The molecule has 1 aliphatic heterocycles. The van der Waals surface area contributed by atoms with Crippen LogP contribution in [-0.4, -0.2) is 19.5 Å². The number of rotatable bonds is 9. The van der Waals surface area contributed by atoms with Gasteiger partial charge < -0.3 is 9.47 Å². The number of benzene rings is 3. The fourth-order valence-corrected chi connectivity index (χ4v) is 4.46. The van der Waals surface area contributed by atoms with Crippen molar-refractivity contribution in [1.82, 2.24) is 0 Å². The summed E-state index contributed by atoms with van der Waals surface area (Å²) in [6, 6.07) is 15.5. The molecule has 0 saturated carbocycles. The van der Waals surface area contributed by atoms with Gasteiger partial charge in [-0.25, -0.2) is 13.2 Å². The summed E-state index contributed by atoms with van der Waals surface area (Å²) in [6.45, 7) is 6.48. The van der Waals surface area contributed by atoms with Crippen LogP contribution in [-0.2, 0) is 15.9 Å². The summed E-state index contributed by atoms with van der Waals surface area (Å²) < 4.78 is 55.4. The van der Waals surface area contributed by atoms with Crippen LogP contribution in [0.25, 0.3) is 22.3 Å². The van der Waals surface area contributed by atoms with Crippen molar-refractivity contribution in [2.75, 3.05) is 13.2 Å². The Labute approximate surface area is 205 Å². The van der Waals surface area contributed by atoms with Gasteiger partial charge in [0.2, 0.25) is 0 Å². The molecular formula is C30H31F3O2. The van der Waals surface area contributed by atoms with Crippen molar-refractivity contribution in [2.24, 2.45) is 0 Å². The molecule has 0 unspecified atom stereocenters. The van der Waals surface area contributed by atoms with Crippen molar-refractivity contribution in [3.05, 3.63) is 95.8 Å². The maximum Gasteiger partial charge on any atom is 0.176 e. The number of aryl methyl sites for hydroxylation is 1. The fraction of sp³-hybridized carbons (Fsp3) is 0.333. The van der Waals surface area contributed by atoms with Crippen LogP contribution in [0.2, 0.25) is 0 Å². The van der Waals surface area contributed by atoms with Crippen LogP contribution in [0.5, 0.6) is 0 Å². The maximum absolute atomic E-state index is 14.9. The Hall–Kier alpha value is -2.89. The highest BCUT2D eigenvalue weighted by Crippen LogP contribution is 2.32. The molecule has 0 spiro atoms. The third kappa shape index (κ3) is 5.85. The first-order valence-corrected chi connectivity index (χ1v) is 12.2. The molecule has 2 nitrogen and oxygen atoms in total. The van der Waals surface area contributed by atoms with Crippen LogP contribution >= 0.6 is 0 Å². The van der Waals surface area contributed by atoms with E-state index in [1.165, 1.54) is 6.07 Å². The fourth-order valence-electron chi connectivity index (χ4n) is 4.46. The zero-order chi connectivity index (χ0) is 24.8. The second kappa shape index (κ2) is 11.7. The zero-order valence-corrected chi connectivity index (χ0v) is 20.0. The summed E-state index contributed by atoms with van der Waals surface area (Å²) in [4.78, 5) is 0. The molecule has 1 fully saturated rings. The average Bonchev–Trinajstić information content (AvgIpc) is 2.89. The van der Waals surface area contributed by atoms with Crippen molar-refractivity contribution in [1.29, 1.82) is 0 Å². The van der Waals surface area contributed by atoms with Crippen LogP contribution in [0.15, 0.2) is 67.3 Å². The first-order valence-electron chi connectivity index (χ1n) is 12.2. The highest BCUT2D eigenvalue weighted by Gasteiger charge is 2.24. The van der Waals surface area contributed by atoms with Gasteiger partial charge in [-0.15, -0.1) is 0 Å². The van der Waals surface area contributed by atoms with E-state index in [0.29, 0.717) is 41.9 Å². The van der Waals surface area contributed by atoms with E-state index in [0.717, 1.165) is 31.2 Å². The minimum absolute atomic E-state index is 0.185. The Morgan fingerprint density at radius 1 is 0.829 bits per heavy atom. The lowest BCUT2D eigenvalue weighted by atomic mass is 9.94. The molecule has 184 valence electrons. The van der Waals surface area contributed by atoms with E-state index in [1.54, 1.807) is 48.5 Å². The molecule has 3 aromatic rings. The molecular weight excluding hydrogens is 449 g/mol. The van der Waals surface area contributed by atoms with E-state index in [1.807, 2.05) is 6.07 Å². The number of halogens is 3. The van der Waals surface area contributed by atoms with Gasteiger partial charge in [-0.2, -0.15) is 0 Å². The standard InChI is InChI=1S/C30H31F3O2/c1-3-5-6-7-8-22-13-16-26(30(33)29(22)32)21-11-9-20(10-12-21)23-14-15-25(27(31)17-23)24-18-34-28(4-2)35-19-24/h4,9-17,24,28H,2-3,5-8,18-19H2,1H3. The van der Waals surface area contributed by atoms with Gasteiger partial charge in [-0.1, -0.05) is 81.3 Å². The monoisotopic (exact) mass is 480 g/mol. The van der Waals surface area contributed by atoms with Gasteiger partial charge in [-0.3, -0.25) is 0 Å². The third-order valence-electron chi connectivity index (χ3n) is 6.55. The summed E-state index contributed by atoms with van der Waals surface area (Å²) in [6.07, 6.45) is 5.72. The van der Waals surface area contributed by atoms with E-state index in [4.69, 9.17) is 9.47 Å². The van der Waals surface area contributed by atoms with Gasteiger partial charge in [0, 0.05) is 11.5 Å². The third-order valence-corrected chi connectivity index (χ3v) is 6.55. The predicted octanol–water partition coefficient (Wildman–Crippen LogP) is 8.20. The van der Waals surface area contributed by atoms with Gasteiger partial charge in [0.1, 0.15) is 5.82 Å². The number of hydrogen-bond donors (Lipinski definition) is 0. The second-order valence-corrected chi connectivity index (χ2v) is 8.99. The van der Waals surface area contributed by atoms with Crippen LogP contribution in [0, 0.1) is 17.5 Å². The van der Waals surface area contributed by atoms with E-state index >= 15 is 0 Å². The highest BCUT2D eigenvalue weighted by molar-refractivity contribution is 5.71. The molecule has 0 atom stereocenters. The van der Waals surface area contributed by atoms with E-state index in [2.05, 4.69) is 13.5 Å². The number of hydrogen-bond acceptors (Lipinski definition) is 2. The van der Waals surface area contributed by atoms with Crippen molar-refractivity contribution in [3.63, 3.8) is 0 Å². The molecule has 0 amide bonds. The van der Waals surface area contributed by atoms with Crippen LogP contribution < -0.4 is 0 Å². The van der Waals surface area contributed by atoms with E-state index < -0.39 is 17.9 Å². The highest BCUT2D eigenvalue weighted by atomic mass is 19.2. The van der Waals surface area contributed by atoms with E-state index in [-0.39, 0.29) is 17.3 Å². The Morgan fingerprint density at radius 2 is 1.51 bits per heavy atom. The first kappa shape index (κ1) is 25.2. The lowest BCUT2D eigenvalue weighted by Gasteiger charge is -2.28. The normalized spacial score (nSPS) is 17.9. The molecule has 1 heterocycles. The molecule has 0 radical (unpaired) electrons. The first-order chi connectivity index (χ1) is 17.0.